The maximum absolute atomic E-state index is 12.1. The van der Waals surface area contributed by atoms with Crippen LogP contribution in [-0.2, 0) is 0 Å². The SMILES string of the molecule is [NH3+][C@H]1CN2c3cc(C(=O)O)cc([O-])c3[C@H](CO)C2[C@@H]1O. The van der Waals surface area contributed by atoms with Crippen LogP contribution in [0, 0.1) is 0 Å². The molecule has 0 amide bonds. The van der Waals surface area contributed by atoms with Crippen LogP contribution in [0.3, 0.4) is 0 Å². The molecule has 2 heterocycles. The van der Waals surface area contributed by atoms with Crippen molar-refractivity contribution in [3.8, 4) is 5.75 Å². The summed E-state index contributed by atoms with van der Waals surface area (Å²) >= 11 is 0. The molecule has 2 aliphatic rings. The van der Waals surface area contributed by atoms with Crippen LogP contribution in [0.4, 0.5) is 5.69 Å². The largest absolute Gasteiger partial charge is 0.872 e. The third-order valence-corrected chi connectivity index (χ3v) is 4.28. The zero-order chi connectivity index (χ0) is 14.6. The second-order valence-electron chi connectivity index (χ2n) is 5.40. The predicted octanol–water partition coefficient (Wildman–Crippen LogP) is -2.29. The highest BCUT2D eigenvalue weighted by molar-refractivity contribution is 5.91. The molecule has 3 rings (SSSR count). The first-order valence-corrected chi connectivity index (χ1v) is 6.42. The molecule has 1 unspecified atom stereocenters. The lowest BCUT2D eigenvalue weighted by Gasteiger charge is -2.23. The summed E-state index contributed by atoms with van der Waals surface area (Å²) < 4.78 is 0. The first-order chi connectivity index (χ1) is 9.45. The van der Waals surface area contributed by atoms with Crippen LogP contribution < -0.4 is 15.7 Å². The van der Waals surface area contributed by atoms with Crippen LogP contribution in [-0.4, -0.2) is 52.6 Å². The summed E-state index contributed by atoms with van der Waals surface area (Å²) in [5.74, 6) is -2.07. The molecular formula is C13H16N2O5. The molecule has 2 aliphatic heterocycles. The smallest absolute Gasteiger partial charge is 0.335 e. The molecule has 7 heteroatoms. The Balaban J connectivity index is 2.16. The van der Waals surface area contributed by atoms with Gasteiger partial charge in [-0.1, -0.05) is 6.07 Å². The zero-order valence-electron chi connectivity index (χ0n) is 10.7. The molecule has 0 spiro atoms. The molecule has 1 saturated heterocycles. The van der Waals surface area contributed by atoms with Gasteiger partial charge in [0.15, 0.2) is 0 Å². The molecule has 0 radical (unpaired) electrons. The van der Waals surface area contributed by atoms with Gasteiger partial charge in [-0.15, -0.1) is 5.75 Å². The van der Waals surface area contributed by atoms with Crippen LogP contribution in [0.15, 0.2) is 12.1 Å². The number of quaternary nitrogens is 1. The topological polar surface area (TPSA) is 132 Å². The first-order valence-electron chi connectivity index (χ1n) is 6.42. The number of hydrogen-bond acceptors (Lipinski definition) is 5. The Morgan fingerprint density at radius 3 is 2.80 bits per heavy atom. The van der Waals surface area contributed by atoms with Crippen molar-refractivity contribution in [1.82, 2.24) is 0 Å². The van der Waals surface area contributed by atoms with E-state index in [0.717, 1.165) is 6.07 Å². The van der Waals surface area contributed by atoms with E-state index in [0.29, 0.717) is 17.8 Å². The summed E-state index contributed by atoms with van der Waals surface area (Å²) in [6.45, 7) is 0.178. The van der Waals surface area contributed by atoms with Gasteiger partial charge < -0.3 is 31.1 Å². The number of hydrogen-bond donors (Lipinski definition) is 4. The molecule has 7 nitrogen and oxygen atoms in total. The first kappa shape index (κ1) is 13.2. The van der Waals surface area contributed by atoms with Crippen molar-refractivity contribution >= 4 is 11.7 Å². The van der Waals surface area contributed by atoms with Crippen LogP contribution in [0.25, 0.3) is 0 Å². The second-order valence-corrected chi connectivity index (χ2v) is 5.40. The normalized spacial score (nSPS) is 31.2. The van der Waals surface area contributed by atoms with Crippen molar-refractivity contribution in [2.75, 3.05) is 18.1 Å². The maximum atomic E-state index is 12.1. The summed E-state index contributed by atoms with van der Waals surface area (Å²) in [4.78, 5) is 12.9. The molecule has 1 aromatic rings. The lowest BCUT2D eigenvalue weighted by molar-refractivity contribution is -0.428. The minimum Gasteiger partial charge on any atom is -0.872 e. The quantitative estimate of drug-likeness (QED) is 0.482. The molecule has 108 valence electrons. The molecule has 4 atom stereocenters. The van der Waals surface area contributed by atoms with E-state index in [4.69, 9.17) is 5.11 Å². The Morgan fingerprint density at radius 2 is 2.20 bits per heavy atom. The molecule has 20 heavy (non-hydrogen) atoms. The van der Waals surface area contributed by atoms with E-state index in [2.05, 4.69) is 5.73 Å². The number of carboxylic acids is 1. The number of nitrogens with zero attached hydrogens (tertiary/aromatic N) is 1. The van der Waals surface area contributed by atoms with Gasteiger partial charge in [0, 0.05) is 11.6 Å². The fourth-order valence-corrected chi connectivity index (χ4v) is 3.38. The summed E-state index contributed by atoms with van der Waals surface area (Å²) in [7, 11) is 0. The van der Waals surface area contributed by atoms with Crippen LogP contribution in [0.2, 0.25) is 0 Å². The number of anilines is 1. The number of fused-ring (bicyclic) bond motifs is 3. The maximum Gasteiger partial charge on any atom is 0.335 e. The number of carboxylic acid groups (broad SMARTS) is 1. The Kier molecular flexibility index (Phi) is 2.86. The Morgan fingerprint density at radius 1 is 1.50 bits per heavy atom. The minimum atomic E-state index is -1.17. The number of carbonyl (C=O) groups is 1. The molecular weight excluding hydrogens is 264 g/mol. The Labute approximate surface area is 114 Å². The summed E-state index contributed by atoms with van der Waals surface area (Å²) in [5, 5.41) is 40.9. The van der Waals surface area contributed by atoms with Crippen molar-refractivity contribution in [3.63, 3.8) is 0 Å². The summed E-state index contributed by atoms with van der Waals surface area (Å²) in [5.41, 5.74) is 4.68. The van der Waals surface area contributed by atoms with E-state index >= 15 is 0 Å². The molecule has 0 bridgehead atoms. The van der Waals surface area contributed by atoms with Crippen LogP contribution in [0.5, 0.6) is 5.75 Å². The van der Waals surface area contributed by atoms with Crippen LogP contribution >= 0.6 is 0 Å². The van der Waals surface area contributed by atoms with E-state index in [1.54, 1.807) is 4.90 Å². The van der Waals surface area contributed by atoms with E-state index in [9.17, 15) is 20.1 Å². The van der Waals surface area contributed by atoms with Crippen LogP contribution in [0.1, 0.15) is 21.8 Å². The van der Waals surface area contributed by atoms with E-state index < -0.39 is 29.8 Å². The number of aliphatic hydroxyl groups excluding tert-OH is 2. The van der Waals surface area contributed by atoms with Gasteiger partial charge in [-0.05, 0) is 11.6 Å². The molecule has 6 N–H and O–H groups in total. The monoisotopic (exact) mass is 280 g/mol. The van der Waals surface area contributed by atoms with E-state index in [1.165, 1.54) is 6.07 Å². The fraction of sp³-hybridized carbons (Fsp3) is 0.462. The number of aromatic carboxylic acids is 1. The Bertz CT molecular complexity index is 576. The highest BCUT2D eigenvalue weighted by Crippen LogP contribution is 2.48. The summed E-state index contributed by atoms with van der Waals surface area (Å²) in [6.07, 6.45) is -0.743. The highest BCUT2D eigenvalue weighted by Gasteiger charge is 2.51. The zero-order valence-corrected chi connectivity index (χ0v) is 10.7. The third kappa shape index (κ3) is 1.60. The van der Waals surface area contributed by atoms with Crippen molar-refractivity contribution in [1.29, 1.82) is 0 Å². The second kappa shape index (κ2) is 4.34. The fourth-order valence-electron chi connectivity index (χ4n) is 3.38. The van der Waals surface area contributed by atoms with Gasteiger partial charge in [0.1, 0.15) is 12.1 Å². The Hall–Kier alpha value is -1.83. The van der Waals surface area contributed by atoms with Crippen molar-refractivity contribution < 1.29 is 31.0 Å². The average Bonchev–Trinajstić information content (AvgIpc) is 2.86. The number of aliphatic hydroxyl groups is 2. The van der Waals surface area contributed by atoms with Crippen molar-refractivity contribution in [3.05, 3.63) is 23.3 Å². The molecule has 0 aromatic heterocycles. The van der Waals surface area contributed by atoms with E-state index in [1.807, 2.05) is 0 Å². The van der Waals surface area contributed by atoms with Gasteiger partial charge in [-0.25, -0.2) is 4.79 Å². The average molecular weight is 280 g/mol. The molecule has 0 aliphatic carbocycles. The summed E-state index contributed by atoms with van der Waals surface area (Å²) in [6, 6.07) is 1.87. The highest BCUT2D eigenvalue weighted by atomic mass is 16.4. The van der Waals surface area contributed by atoms with Gasteiger partial charge in [0.05, 0.1) is 24.8 Å². The van der Waals surface area contributed by atoms with Gasteiger partial charge >= 0.3 is 5.97 Å². The lowest BCUT2D eigenvalue weighted by atomic mass is 9.90. The third-order valence-electron chi connectivity index (χ3n) is 4.28. The van der Waals surface area contributed by atoms with E-state index in [-0.39, 0.29) is 18.2 Å². The predicted molar refractivity (Wildman–Crippen MR) is 66.5 cm³/mol. The van der Waals surface area contributed by atoms with Gasteiger partial charge in [0.2, 0.25) is 0 Å². The molecule has 1 aromatic carbocycles. The standard InChI is InChI=1S/C13H16N2O5/c14-7-3-15-8-1-5(13(19)20)2-9(17)10(8)6(4-16)11(15)12(7)18/h1-2,6-7,11-12,16-18H,3-4,14H2,(H,19,20)/t6-,7-,11?,12+/m0/s1. The van der Waals surface area contributed by atoms with Gasteiger partial charge in [-0.3, -0.25) is 0 Å². The number of rotatable bonds is 2. The number of benzene rings is 1. The molecule has 1 fully saturated rings. The van der Waals surface area contributed by atoms with Crippen molar-refractivity contribution in [2.24, 2.45) is 0 Å². The molecule has 0 saturated carbocycles. The minimum absolute atomic E-state index is 0.0758. The van der Waals surface area contributed by atoms with Gasteiger partial charge in [0.25, 0.3) is 0 Å². The van der Waals surface area contributed by atoms with Crippen molar-refractivity contribution in [2.45, 2.75) is 24.1 Å². The van der Waals surface area contributed by atoms with Gasteiger partial charge in [-0.2, -0.15) is 0 Å². The lowest BCUT2D eigenvalue weighted by Crippen LogP contribution is -2.67.